The summed E-state index contributed by atoms with van der Waals surface area (Å²) in [7, 11) is 0. The molecule has 1 aliphatic rings. The zero-order valence-electron chi connectivity index (χ0n) is 15.3. The number of hydrogen-bond donors (Lipinski definition) is 0. The molecule has 3 amide bonds. The summed E-state index contributed by atoms with van der Waals surface area (Å²) < 4.78 is 0.745. The number of hydrogen-bond acceptors (Lipinski definition) is 3. The topological polar surface area (TPSA) is 57.7 Å². The Morgan fingerprint density at radius 1 is 1.04 bits per heavy atom. The number of carbonyl (C=O) groups is 3. The summed E-state index contributed by atoms with van der Waals surface area (Å²) in [6.45, 7) is 4.51. The lowest BCUT2D eigenvalue weighted by Gasteiger charge is -2.27. The summed E-state index contributed by atoms with van der Waals surface area (Å²) in [5, 5.41) is 0. The minimum Gasteiger partial charge on any atom is -0.336 e. The molecule has 27 heavy (non-hydrogen) atoms. The molecule has 0 saturated carbocycles. The highest BCUT2D eigenvalue weighted by Crippen LogP contribution is 2.26. The molecule has 0 aliphatic carbocycles. The third-order valence-corrected chi connectivity index (χ3v) is 5.11. The van der Waals surface area contributed by atoms with Gasteiger partial charge in [0.2, 0.25) is 5.91 Å². The molecule has 2 aromatic rings. The smallest absolute Gasteiger partial charge is 0.261 e. The van der Waals surface area contributed by atoms with Gasteiger partial charge in [-0.05, 0) is 37.6 Å². The van der Waals surface area contributed by atoms with E-state index in [1.165, 1.54) is 0 Å². The molecule has 0 bridgehead atoms. The Hall–Kier alpha value is -2.47. The minimum atomic E-state index is -0.344. The quantitative estimate of drug-likeness (QED) is 0.656. The fourth-order valence-corrected chi connectivity index (χ4v) is 3.52. The lowest BCUT2D eigenvalue weighted by molar-refractivity contribution is -0.133. The maximum Gasteiger partial charge on any atom is 0.261 e. The van der Waals surface area contributed by atoms with Crippen LogP contribution in [0.15, 0.2) is 53.0 Å². The summed E-state index contributed by atoms with van der Waals surface area (Å²) in [6.07, 6.45) is 0.109. The summed E-state index contributed by atoms with van der Waals surface area (Å²) in [4.78, 5) is 40.7. The van der Waals surface area contributed by atoms with Gasteiger partial charge in [-0.25, -0.2) is 0 Å². The average molecular weight is 429 g/mol. The van der Waals surface area contributed by atoms with Gasteiger partial charge in [0.15, 0.2) is 0 Å². The van der Waals surface area contributed by atoms with E-state index in [4.69, 9.17) is 0 Å². The molecule has 0 saturated heterocycles. The molecule has 1 heterocycles. The van der Waals surface area contributed by atoms with Gasteiger partial charge in [-0.15, -0.1) is 0 Å². The fraction of sp³-hybridized carbons (Fsp3) is 0.286. The number of nitrogens with zero attached hydrogens (tertiary/aromatic N) is 2. The zero-order valence-corrected chi connectivity index (χ0v) is 16.9. The number of imide groups is 1. The van der Waals surface area contributed by atoms with Gasteiger partial charge in [0.05, 0.1) is 11.1 Å². The predicted octanol–water partition coefficient (Wildman–Crippen LogP) is 3.87. The van der Waals surface area contributed by atoms with E-state index >= 15 is 0 Å². The molecule has 6 heteroatoms. The summed E-state index contributed by atoms with van der Waals surface area (Å²) in [5.74, 6) is -0.760. The van der Waals surface area contributed by atoms with Crippen LogP contribution in [0, 0.1) is 0 Å². The van der Waals surface area contributed by atoms with E-state index in [2.05, 4.69) is 15.9 Å². The van der Waals surface area contributed by atoms with Gasteiger partial charge in [0.1, 0.15) is 0 Å². The van der Waals surface area contributed by atoms with Crippen LogP contribution in [0.3, 0.4) is 0 Å². The average Bonchev–Trinajstić information content (AvgIpc) is 2.88. The number of benzene rings is 2. The number of amides is 3. The van der Waals surface area contributed by atoms with Crippen LogP contribution < -0.4 is 0 Å². The van der Waals surface area contributed by atoms with Crippen LogP contribution >= 0.6 is 15.9 Å². The Labute approximate surface area is 167 Å². The molecule has 0 radical (unpaired) electrons. The predicted molar refractivity (Wildman–Crippen MR) is 106 cm³/mol. The largest absolute Gasteiger partial charge is 0.336 e. The van der Waals surface area contributed by atoms with Crippen molar-refractivity contribution in [3.05, 3.63) is 69.7 Å². The summed E-state index contributed by atoms with van der Waals surface area (Å²) in [5.41, 5.74) is 1.82. The molecule has 1 aliphatic heterocycles. The molecule has 0 N–H and O–H groups in total. The van der Waals surface area contributed by atoms with Crippen LogP contribution in [0.5, 0.6) is 0 Å². The van der Waals surface area contributed by atoms with Gasteiger partial charge in [-0.1, -0.05) is 46.3 Å². The molecule has 140 valence electrons. The molecule has 2 aromatic carbocycles. The molecule has 0 fully saturated rings. The zero-order chi connectivity index (χ0) is 19.6. The van der Waals surface area contributed by atoms with Crippen molar-refractivity contribution >= 4 is 33.7 Å². The SMILES string of the molecule is CC(C)N(Cc1ccccc1)C(=O)CCN1C(=O)c2ccc(Br)cc2C1=O. The highest BCUT2D eigenvalue weighted by atomic mass is 79.9. The first kappa shape index (κ1) is 19.3. The molecular formula is C21H21BrN2O3. The van der Waals surface area contributed by atoms with Crippen molar-refractivity contribution < 1.29 is 14.4 Å². The molecule has 0 spiro atoms. The van der Waals surface area contributed by atoms with Gasteiger partial charge >= 0.3 is 0 Å². The maximum atomic E-state index is 12.8. The summed E-state index contributed by atoms with van der Waals surface area (Å²) >= 11 is 3.32. The van der Waals surface area contributed by atoms with Crippen LogP contribution in [-0.2, 0) is 11.3 Å². The molecule has 0 aromatic heterocycles. The number of carbonyl (C=O) groups excluding carboxylic acids is 3. The van der Waals surface area contributed by atoms with Crippen molar-refractivity contribution in [1.29, 1.82) is 0 Å². The Balaban J connectivity index is 1.67. The van der Waals surface area contributed by atoms with Gasteiger partial charge in [0.25, 0.3) is 11.8 Å². The van der Waals surface area contributed by atoms with E-state index in [1.54, 1.807) is 23.1 Å². The first-order valence-corrected chi connectivity index (χ1v) is 9.67. The van der Waals surface area contributed by atoms with E-state index in [9.17, 15) is 14.4 Å². The van der Waals surface area contributed by atoms with Crippen molar-refractivity contribution in [3.63, 3.8) is 0 Å². The van der Waals surface area contributed by atoms with Gasteiger partial charge in [-0.2, -0.15) is 0 Å². The van der Waals surface area contributed by atoms with Crippen molar-refractivity contribution in [2.45, 2.75) is 32.9 Å². The van der Waals surface area contributed by atoms with Crippen LogP contribution in [0.2, 0.25) is 0 Å². The second-order valence-electron chi connectivity index (χ2n) is 6.80. The number of rotatable bonds is 6. The van der Waals surface area contributed by atoms with Crippen molar-refractivity contribution in [2.75, 3.05) is 6.54 Å². The lowest BCUT2D eigenvalue weighted by Crippen LogP contribution is -2.39. The third-order valence-electron chi connectivity index (χ3n) is 4.62. The maximum absolute atomic E-state index is 12.8. The van der Waals surface area contributed by atoms with Crippen LogP contribution in [-0.4, -0.2) is 40.1 Å². The first-order valence-electron chi connectivity index (χ1n) is 8.87. The Morgan fingerprint density at radius 3 is 2.37 bits per heavy atom. The highest BCUT2D eigenvalue weighted by molar-refractivity contribution is 9.10. The monoisotopic (exact) mass is 428 g/mol. The standard InChI is InChI=1S/C21H21BrN2O3/c1-14(2)24(13-15-6-4-3-5-7-15)19(25)10-11-23-20(26)17-9-8-16(22)12-18(17)21(23)27/h3-9,12,14H,10-11,13H2,1-2H3. The Morgan fingerprint density at radius 2 is 1.70 bits per heavy atom. The third kappa shape index (κ3) is 4.11. The van der Waals surface area contributed by atoms with Crippen LogP contribution in [0.1, 0.15) is 46.5 Å². The van der Waals surface area contributed by atoms with E-state index < -0.39 is 0 Å². The number of fused-ring (bicyclic) bond motifs is 1. The Kier molecular flexibility index (Phi) is 5.75. The Bertz CT molecular complexity index is 880. The molecular weight excluding hydrogens is 408 g/mol. The molecule has 5 nitrogen and oxygen atoms in total. The minimum absolute atomic E-state index is 0.0239. The highest BCUT2D eigenvalue weighted by Gasteiger charge is 2.35. The van der Waals surface area contributed by atoms with Gasteiger partial charge < -0.3 is 4.90 Å². The van der Waals surface area contributed by atoms with E-state index in [0.717, 1.165) is 14.9 Å². The first-order chi connectivity index (χ1) is 12.9. The fourth-order valence-electron chi connectivity index (χ4n) is 3.16. The van der Waals surface area contributed by atoms with Crippen LogP contribution in [0.25, 0.3) is 0 Å². The van der Waals surface area contributed by atoms with Gasteiger partial charge in [0, 0.05) is 30.0 Å². The van der Waals surface area contributed by atoms with Crippen molar-refractivity contribution in [2.24, 2.45) is 0 Å². The van der Waals surface area contributed by atoms with E-state index in [0.29, 0.717) is 17.7 Å². The normalized spacial score (nSPS) is 13.3. The number of halogens is 1. The van der Waals surface area contributed by atoms with Crippen molar-refractivity contribution in [1.82, 2.24) is 9.80 Å². The molecule has 3 rings (SSSR count). The van der Waals surface area contributed by atoms with Crippen LogP contribution in [0.4, 0.5) is 0 Å². The molecule has 0 unspecified atom stereocenters. The van der Waals surface area contributed by atoms with Gasteiger partial charge in [-0.3, -0.25) is 19.3 Å². The van der Waals surface area contributed by atoms with Crippen molar-refractivity contribution in [3.8, 4) is 0 Å². The molecule has 0 atom stereocenters. The van der Waals surface area contributed by atoms with E-state index in [1.807, 2.05) is 44.2 Å². The second kappa shape index (κ2) is 8.05. The summed E-state index contributed by atoms with van der Waals surface area (Å²) in [6, 6.07) is 14.8. The van der Waals surface area contributed by atoms with E-state index in [-0.39, 0.29) is 36.7 Å². The second-order valence-corrected chi connectivity index (χ2v) is 7.72. The lowest BCUT2D eigenvalue weighted by atomic mass is 10.1.